The van der Waals surface area contributed by atoms with Gasteiger partial charge in [0.25, 0.3) is 0 Å². The summed E-state index contributed by atoms with van der Waals surface area (Å²) in [6.45, 7) is 11.2. The van der Waals surface area contributed by atoms with E-state index in [0.717, 1.165) is 24.1 Å². The molecule has 0 unspecified atom stereocenters. The Bertz CT molecular complexity index is 912. The molecular formula is C24H31ClFN3S. The van der Waals surface area contributed by atoms with Gasteiger partial charge in [0.15, 0.2) is 5.11 Å². The normalized spacial score (nSPS) is 18.1. The van der Waals surface area contributed by atoms with Gasteiger partial charge in [0.05, 0.1) is 10.7 Å². The molecule has 2 aromatic carbocycles. The van der Waals surface area contributed by atoms with Crippen molar-refractivity contribution in [3.63, 3.8) is 0 Å². The Morgan fingerprint density at radius 2 is 1.80 bits per heavy atom. The first kappa shape index (κ1) is 23.0. The van der Waals surface area contributed by atoms with Crippen LogP contribution in [0.25, 0.3) is 0 Å². The summed E-state index contributed by atoms with van der Waals surface area (Å²) in [6, 6.07) is 12.8. The van der Waals surface area contributed by atoms with Crippen molar-refractivity contribution in [2.24, 2.45) is 0 Å². The van der Waals surface area contributed by atoms with Crippen LogP contribution in [0.5, 0.6) is 0 Å². The van der Waals surface area contributed by atoms with E-state index in [9.17, 15) is 4.39 Å². The number of benzene rings is 2. The van der Waals surface area contributed by atoms with Gasteiger partial charge >= 0.3 is 0 Å². The largest absolute Gasteiger partial charge is 0.341 e. The third-order valence-electron chi connectivity index (χ3n) is 5.53. The molecule has 3 rings (SSSR count). The quantitative estimate of drug-likeness (QED) is 0.538. The third kappa shape index (κ3) is 5.71. The predicted octanol–water partition coefficient (Wildman–Crippen LogP) is 6.30. The highest BCUT2D eigenvalue weighted by molar-refractivity contribution is 7.80. The summed E-state index contributed by atoms with van der Waals surface area (Å²) in [7, 11) is 0. The van der Waals surface area contributed by atoms with Crippen LogP contribution in [0.4, 0.5) is 10.1 Å². The highest BCUT2D eigenvalue weighted by Crippen LogP contribution is 2.33. The van der Waals surface area contributed by atoms with Crippen molar-refractivity contribution in [3.05, 3.63) is 64.4 Å². The van der Waals surface area contributed by atoms with Crippen LogP contribution in [0, 0.1) is 12.7 Å². The molecule has 6 heteroatoms. The fraction of sp³-hybridized carbons (Fsp3) is 0.458. The van der Waals surface area contributed by atoms with E-state index < -0.39 is 0 Å². The van der Waals surface area contributed by atoms with Crippen LogP contribution >= 0.6 is 23.8 Å². The average Bonchev–Trinajstić information content (AvgIpc) is 2.61. The van der Waals surface area contributed by atoms with Crippen LogP contribution in [0.2, 0.25) is 5.02 Å². The number of halogens is 2. The average molecular weight is 448 g/mol. The maximum absolute atomic E-state index is 14.5. The first-order valence-corrected chi connectivity index (χ1v) is 11.1. The second-order valence-corrected chi connectivity index (χ2v) is 10.4. The number of nitrogens with zero attached hydrogens (tertiary/aromatic N) is 1. The molecule has 0 atom stereocenters. The van der Waals surface area contributed by atoms with Gasteiger partial charge in [-0.25, -0.2) is 4.39 Å². The van der Waals surface area contributed by atoms with E-state index in [1.807, 2.05) is 37.3 Å². The number of aryl methyl sites for hydroxylation is 1. The molecular weight excluding hydrogens is 417 g/mol. The monoisotopic (exact) mass is 447 g/mol. The van der Waals surface area contributed by atoms with E-state index in [1.165, 1.54) is 6.07 Å². The molecule has 30 heavy (non-hydrogen) atoms. The van der Waals surface area contributed by atoms with Gasteiger partial charge in [-0.05, 0) is 83.4 Å². The summed E-state index contributed by atoms with van der Waals surface area (Å²) < 4.78 is 14.5. The van der Waals surface area contributed by atoms with Crippen LogP contribution in [-0.2, 0) is 6.54 Å². The third-order valence-corrected chi connectivity index (χ3v) is 6.20. The van der Waals surface area contributed by atoms with Crippen molar-refractivity contribution in [3.8, 4) is 0 Å². The maximum Gasteiger partial charge on any atom is 0.174 e. The lowest BCUT2D eigenvalue weighted by Crippen LogP contribution is -2.63. The second-order valence-electron chi connectivity index (χ2n) is 9.59. The van der Waals surface area contributed by atoms with E-state index in [-0.39, 0.29) is 22.9 Å². The molecule has 2 N–H and O–H groups in total. The summed E-state index contributed by atoms with van der Waals surface area (Å²) in [6.07, 6.45) is 1.79. The molecule has 3 nitrogen and oxygen atoms in total. The second kappa shape index (κ2) is 8.81. The Kier molecular flexibility index (Phi) is 6.75. The number of hydrogen-bond donors (Lipinski definition) is 2. The van der Waals surface area contributed by atoms with Gasteiger partial charge < -0.3 is 15.5 Å². The molecule has 0 bridgehead atoms. The Morgan fingerprint density at radius 3 is 2.43 bits per heavy atom. The zero-order valence-corrected chi connectivity index (χ0v) is 19.9. The van der Waals surface area contributed by atoms with Gasteiger partial charge in [-0.3, -0.25) is 0 Å². The highest BCUT2D eigenvalue weighted by Gasteiger charge is 2.40. The molecule has 0 aromatic heterocycles. The molecule has 0 aliphatic carbocycles. The first-order valence-electron chi connectivity index (χ1n) is 10.3. The summed E-state index contributed by atoms with van der Waals surface area (Å²) in [5.41, 5.74) is 2.38. The van der Waals surface area contributed by atoms with Gasteiger partial charge in [0, 0.05) is 29.2 Å². The van der Waals surface area contributed by atoms with Crippen LogP contribution in [-0.4, -0.2) is 27.1 Å². The molecule has 1 aliphatic heterocycles. The number of rotatable bonds is 4. The van der Waals surface area contributed by atoms with Crippen molar-refractivity contribution in [1.82, 2.24) is 10.2 Å². The summed E-state index contributed by atoms with van der Waals surface area (Å²) in [5.74, 6) is -0.216. The molecule has 1 aliphatic rings. The Morgan fingerprint density at radius 1 is 1.17 bits per heavy atom. The molecule has 1 heterocycles. The number of piperidine rings is 1. The van der Waals surface area contributed by atoms with Crippen LogP contribution < -0.4 is 10.6 Å². The minimum atomic E-state index is -0.216. The van der Waals surface area contributed by atoms with Crippen molar-refractivity contribution in [2.45, 2.75) is 71.1 Å². The molecule has 0 radical (unpaired) electrons. The molecule has 2 aromatic rings. The first-order chi connectivity index (χ1) is 14.0. The Balaban J connectivity index is 1.93. The lowest BCUT2D eigenvalue weighted by molar-refractivity contribution is 0.101. The Hall–Kier alpha value is -1.69. The zero-order chi connectivity index (χ0) is 22.1. The fourth-order valence-electron chi connectivity index (χ4n) is 4.59. The van der Waals surface area contributed by atoms with E-state index in [2.05, 4.69) is 43.2 Å². The van der Waals surface area contributed by atoms with E-state index >= 15 is 0 Å². The van der Waals surface area contributed by atoms with Crippen molar-refractivity contribution < 1.29 is 4.39 Å². The minimum absolute atomic E-state index is 0.0590. The SMILES string of the molecule is Cc1ccc(Cl)c(NC(=S)N(Cc2ccccc2F)C2CC(C)(C)NC(C)(C)C2)c1. The standard InChI is InChI=1S/C24H31ClFN3S/c1-16-10-11-19(25)21(12-16)27-22(30)29(15-17-8-6-7-9-20(17)26)18-13-23(2,3)28-24(4,5)14-18/h6-12,18,28H,13-15H2,1-5H3,(H,27,30). The predicted molar refractivity (Wildman–Crippen MR) is 129 cm³/mol. The van der Waals surface area contributed by atoms with Gasteiger partial charge in [-0.15, -0.1) is 0 Å². The Labute approximate surface area is 190 Å². The molecule has 1 fully saturated rings. The molecule has 1 saturated heterocycles. The highest BCUT2D eigenvalue weighted by atomic mass is 35.5. The topological polar surface area (TPSA) is 27.3 Å². The molecule has 162 valence electrons. The summed E-state index contributed by atoms with van der Waals surface area (Å²) >= 11 is 12.2. The fourth-order valence-corrected chi connectivity index (χ4v) is 5.08. The number of hydrogen-bond acceptors (Lipinski definition) is 2. The lowest BCUT2D eigenvalue weighted by atomic mass is 9.79. The van der Waals surface area contributed by atoms with Crippen LogP contribution in [0.3, 0.4) is 0 Å². The van der Waals surface area contributed by atoms with Gasteiger partial charge in [-0.1, -0.05) is 35.9 Å². The number of nitrogens with one attached hydrogen (secondary N) is 2. The minimum Gasteiger partial charge on any atom is -0.341 e. The van der Waals surface area contributed by atoms with Crippen molar-refractivity contribution in [2.75, 3.05) is 5.32 Å². The van der Waals surface area contributed by atoms with Crippen molar-refractivity contribution in [1.29, 1.82) is 0 Å². The maximum atomic E-state index is 14.5. The summed E-state index contributed by atoms with van der Waals surface area (Å²) in [4.78, 5) is 2.12. The summed E-state index contributed by atoms with van der Waals surface area (Å²) in [5, 5.41) is 8.21. The number of thiocarbonyl (C=S) groups is 1. The van der Waals surface area contributed by atoms with Gasteiger partial charge in [-0.2, -0.15) is 0 Å². The molecule has 0 spiro atoms. The van der Waals surface area contributed by atoms with Crippen LogP contribution in [0.15, 0.2) is 42.5 Å². The van der Waals surface area contributed by atoms with Gasteiger partial charge in [0.1, 0.15) is 5.82 Å². The van der Waals surface area contributed by atoms with Gasteiger partial charge in [0.2, 0.25) is 0 Å². The molecule has 0 amide bonds. The zero-order valence-electron chi connectivity index (χ0n) is 18.4. The van der Waals surface area contributed by atoms with E-state index in [0.29, 0.717) is 22.2 Å². The molecule has 0 saturated carbocycles. The number of anilines is 1. The smallest absolute Gasteiger partial charge is 0.174 e. The van der Waals surface area contributed by atoms with E-state index in [1.54, 1.807) is 6.07 Å². The van der Waals surface area contributed by atoms with Crippen molar-refractivity contribution >= 4 is 34.6 Å². The lowest BCUT2D eigenvalue weighted by Gasteiger charge is -2.50. The van der Waals surface area contributed by atoms with Crippen LogP contribution in [0.1, 0.15) is 51.7 Å². The van der Waals surface area contributed by atoms with E-state index in [4.69, 9.17) is 23.8 Å².